The maximum atomic E-state index is 12.5. The number of halogens is 1. The summed E-state index contributed by atoms with van der Waals surface area (Å²) in [6.45, 7) is 3.19. The Bertz CT molecular complexity index is 474. The number of carbonyl (C=O) groups is 1. The van der Waals surface area contributed by atoms with E-state index < -0.39 is 0 Å². The van der Waals surface area contributed by atoms with Crippen LogP contribution in [0.1, 0.15) is 35.4 Å². The van der Waals surface area contributed by atoms with Gasteiger partial charge in [-0.2, -0.15) is 5.10 Å². The number of hydrogen-bond acceptors (Lipinski definition) is 3. The number of amides is 1. The minimum absolute atomic E-state index is 0.00595. The molecule has 1 aromatic rings. The van der Waals surface area contributed by atoms with Crippen LogP contribution in [0.15, 0.2) is 4.47 Å². The Kier molecular flexibility index (Phi) is 3.15. The number of aromatic nitrogens is 2. The third kappa shape index (κ3) is 1.87. The molecule has 0 unspecified atom stereocenters. The molecule has 1 saturated heterocycles. The van der Waals surface area contributed by atoms with Crippen molar-refractivity contribution < 1.29 is 9.53 Å². The highest BCUT2D eigenvalue weighted by molar-refractivity contribution is 9.10. The molecule has 0 aromatic carbocycles. The molecule has 1 aliphatic carbocycles. The molecule has 18 heavy (non-hydrogen) atoms. The predicted octanol–water partition coefficient (Wildman–Crippen LogP) is 1.87. The van der Waals surface area contributed by atoms with Gasteiger partial charge in [0.05, 0.1) is 23.2 Å². The molecule has 5 nitrogen and oxygen atoms in total. The Morgan fingerprint density at radius 3 is 3.11 bits per heavy atom. The first kappa shape index (κ1) is 12.2. The van der Waals surface area contributed by atoms with E-state index in [4.69, 9.17) is 4.74 Å². The number of rotatable bonds is 1. The van der Waals surface area contributed by atoms with Gasteiger partial charge in [0.2, 0.25) is 0 Å². The molecule has 6 heteroatoms. The molecule has 1 amide bonds. The van der Waals surface area contributed by atoms with Crippen molar-refractivity contribution in [3.63, 3.8) is 0 Å². The molecule has 98 valence electrons. The lowest BCUT2D eigenvalue weighted by atomic mass is 10.1. The van der Waals surface area contributed by atoms with E-state index in [2.05, 4.69) is 26.1 Å². The number of morpholine rings is 1. The molecule has 3 rings (SSSR count). The van der Waals surface area contributed by atoms with Crippen LogP contribution in [0, 0.1) is 6.92 Å². The van der Waals surface area contributed by atoms with E-state index in [1.165, 1.54) is 0 Å². The van der Waals surface area contributed by atoms with Crippen molar-refractivity contribution in [2.24, 2.45) is 0 Å². The van der Waals surface area contributed by atoms with Gasteiger partial charge in [0.1, 0.15) is 0 Å². The van der Waals surface area contributed by atoms with Crippen molar-refractivity contribution >= 4 is 21.8 Å². The molecule has 2 heterocycles. The summed E-state index contributed by atoms with van der Waals surface area (Å²) in [5.41, 5.74) is 1.37. The number of ether oxygens (including phenoxy) is 1. The lowest BCUT2D eigenvalue weighted by molar-refractivity contribution is -0.0447. The SMILES string of the molecule is Cc1[nH]nc(C(=O)N2CCO[C@H]3CCC[C@@H]32)c1Br. The van der Waals surface area contributed by atoms with Crippen LogP contribution in [0.2, 0.25) is 0 Å². The third-order valence-electron chi connectivity index (χ3n) is 3.82. The van der Waals surface area contributed by atoms with Gasteiger partial charge in [0.25, 0.3) is 5.91 Å². The van der Waals surface area contributed by atoms with Gasteiger partial charge < -0.3 is 9.64 Å². The third-order valence-corrected chi connectivity index (χ3v) is 4.79. The molecule has 0 spiro atoms. The molecular formula is C12H16BrN3O2. The van der Waals surface area contributed by atoms with E-state index in [9.17, 15) is 4.79 Å². The zero-order chi connectivity index (χ0) is 12.7. The molecular weight excluding hydrogens is 298 g/mol. The molecule has 0 radical (unpaired) electrons. The van der Waals surface area contributed by atoms with Gasteiger partial charge in [-0.05, 0) is 42.1 Å². The maximum absolute atomic E-state index is 12.5. The van der Waals surface area contributed by atoms with Crippen LogP contribution >= 0.6 is 15.9 Å². The standard InChI is InChI=1S/C12H16BrN3O2/c1-7-10(13)11(15-14-7)12(17)16-5-6-18-9-4-2-3-8(9)16/h8-9H,2-6H2,1H3,(H,14,15)/t8-,9-/m0/s1. The summed E-state index contributed by atoms with van der Waals surface area (Å²) in [4.78, 5) is 14.5. The van der Waals surface area contributed by atoms with Gasteiger partial charge in [-0.25, -0.2) is 0 Å². The van der Waals surface area contributed by atoms with Crippen LogP contribution in [-0.2, 0) is 4.74 Å². The average Bonchev–Trinajstić information content (AvgIpc) is 2.96. The van der Waals surface area contributed by atoms with E-state index in [0.29, 0.717) is 18.8 Å². The van der Waals surface area contributed by atoms with Crippen LogP contribution in [-0.4, -0.2) is 46.3 Å². The first-order valence-electron chi connectivity index (χ1n) is 6.31. The molecule has 1 aliphatic heterocycles. The summed E-state index contributed by atoms with van der Waals surface area (Å²) < 4.78 is 6.49. The Labute approximate surface area is 114 Å². The van der Waals surface area contributed by atoms with Crippen molar-refractivity contribution in [2.45, 2.75) is 38.3 Å². The monoisotopic (exact) mass is 313 g/mol. The number of H-pyrrole nitrogens is 1. The van der Waals surface area contributed by atoms with Crippen molar-refractivity contribution in [2.75, 3.05) is 13.2 Å². The number of hydrogen-bond donors (Lipinski definition) is 1. The van der Waals surface area contributed by atoms with E-state index in [0.717, 1.165) is 29.4 Å². The van der Waals surface area contributed by atoms with Gasteiger partial charge >= 0.3 is 0 Å². The van der Waals surface area contributed by atoms with Gasteiger partial charge in [0, 0.05) is 12.2 Å². The highest BCUT2D eigenvalue weighted by Gasteiger charge is 2.39. The van der Waals surface area contributed by atoms with Crippen molar-refractivity contribution in [1.29, 1.82) is 0 Å². The first-order valence-corrected chi connectivity index (χ1v) is 7.11. The Morgan fingerprint density at radius 2 is 2.39 bits per heavy atom. The van der Waals surface area contributed by atoms with Crippen LogP contribution in [0.25, 0.3) is 0 Å². The summed E-state index contributed by atoms with van der Waals surface area (Å²) in [5.74, 6) is 0.00595. The summed E-state index contributed by atoms with van der Waals surface area (Å²) in [7, 11) is 0. The van der Waals surface area contributed by atoms with E-state index in [1.54, 1.807) is 0 Å². The van der Waals surface area contributed by atoms with Crippen molar-refractivity contribution in [3.05, 3.63) is 15.9 Å². The highest BCUT2D eigenvalue weighted by atomic mass is 79.9. The Morgan fingerprint density at radius 1 is 1.56 bits per heavy atom. The first-order chi connectivity index (χ1) is 8.68. The molecule has 2 fully saturated rings. The largest absolute Gasteiger partial charge is 0.374 e. The van der Waals surface area contributed by atoms with Gasteiger partial charge in [0.15, 0.2) is 5.69 Å². The molecule has 2 aliphatic rings. The zero-order valence-corrected chi connectivity index (χ0v) is 11.9. The molecule has 0 bridgehead atoms. The smallest absolute Gasteiger partial charge is 0.275 e. The fourth-order valence-electron chi connectivity index (χ4n) is 2.87. The summed E-state index contributed by atoms with van der Waals surface area (Å²) in [6, 6.07) is 0.232. The van der Waals surface area contributed by atoms with Crippen molar-refractivity contribution in [1.82, 2.24) is 15.1 Å². The maximum Gasteiger partial charge on any atom is 0.275 e. The number of nitrogens with one attached hydrogen (secondary N) is 1. The normalized spacial score (nSPS) is 27.3. The van der Waals surface area contributed by atoms with Crippen LogP contribution < -0.4 is 0 Å². The van der Waals surface area contributed by atoms with E-state index in [-0.39, 0.29) is 18.1 Å². The van der Waals surface area contributed by atoms with E-state index in [1.807, 2.05) is 11.8 Å². The van der Waals surface area contributed by atoms with Crippen LogP contribution in [0.4, 0.5) is 0 Å². The average molecular weight is 314 g/mol. The Balaban J connectivity index is 1.85. The van der Waals surface area contributed by atoms with E-state index >= 15 is 0 Å². The quantitative estimate of drug-likeness (QED) is 0.861. The number of aromatic amines is 1. The fraction of sp³-hybridized carbons (Fsp3) is 0.667. The number of nitrogens with zero attached hydrogens (tertiary/aromatic N) is 2. The summed E-state index contributed by atoms with van der Waals surface area (Å²) >= 11 is 3.42. The lowest BCUT2D eigenvalue weighted by Crippen LogP contribution is -2.51. The zero-order valence-electron chi connectivity index (χ0n) is 10.3. The topological polar surface area (TPSA) is 58.2 Å². The highest BCUT2D eigenvalue weighted by Crippen LogP contribution is 2.31. The minimum atomic E-state index is 0.00595. The van der Waals surface area contributed by atoms with Gasteiger partial charge in [-0.1, -0.05) is 0 Å². The molecule has 1 aromatic heterocycles. The number of fused-ring (bicyclic) bond motifs is 1. The second-order valence-electron chi connectivity index (χ2n) is 4.92. The number of aryl methyl sites for hydroxylation is 1. The predicted molar refractivity (Wildman–Crippen MR) is 69.4 cm³/mol. The summed E-state index contributed by atoms with van der Waals surface area (Å²) in [5, 5.41) is 6.94. The van der Waals surface area contributed by atoms with Gasteiger partial charge in [-0.3, -0.25) is 9.89 Å². The lowest BCUT2D eigenvalue weighted by Gasteiger charge is -2.37. The van der Waals surface area contributed by atoms with Crippen molar-refractivity contribution in [3.8, 4) is 0 Å². The van der Waals surface area contributed by atoms with Gasteiger partial charge in [-0.15, -0.1) is 0 Å². The summed E-state index contributed by atoms with van der Waals surface area (Å²) in [6.07, 6.45) is 3.47. The van der Waals surface area contributed by atoms with Crippen LogP contribution in [0.5, 0.6) is 0 Å². The van der Waals surface area contributed by atoms with Crippen LogP contribution in [0.3, 0.4) is 0 Å². The minimum Gasteiger partial charge on any atom is -0.374 e. The number of carbonyl (C=O) groups excluding carboxylic acids is 1. The fourth-order valence-corrected chi connectivity index (χ4v) is 3.22. The second-order valence-corrected chi connectivity index (χ2v) is 5.71. The molecule has 2 atom stereocenters. The second kappa shape index (κ2) is 4.66. The Hall–Kier alpha value is -0.880. The molecule has 1 saturated carbocycles. The molecule has 1 N–H and O–H groups in total.